The van der Waals surface area contributed by atoms with Gasteiger partial charge in [-0.3, -0.25) is 0 Å². The minimum absolute atomic E-state index is 0. The average molecular weight is 628 g/mol. The summed E-state index contributed by atoms with van der Waals surface area (Å²) in [5.74, 6) is 0. The van der Waals surface area contributed by atoms with Gasteiger partial charge in [0, 0.05) is 0 Å². The first-order chi connectivity index (χ1) is 14.1. The molecule has 32 heavy (non-hydrogen) atoms. The summed E-state index contributed by atoms with van der Waals surface area (Å²) in [6.07, 6.45) is 0. The Balaban J connectivity index is 0.00000256. The minimum atomic E-state index is -3.98. The van der Waals surface area contributed by atoms with Crippen LogP contribution in [0.25, 0.3) is 10.5 Å². The van der Waals surface area contributed by atoms with E-state index < -0.39 is 22.1 Å². The Kier molecular flexibility index (Phi) is 10.0. The van der Waals surface area contributed by atoms with E-state index in [1.54, 1.807) is 0 Å². The maximum absolute atomic E-state index is 13.6. The van der Waals surface area contributed by atoms with E-state index in [1.165, 1.54) is 0 Å². The maximum atomic E-state index is 13.6. The first-order valence-corrected chi connectivity index (χ1v) is 11.4. The van der Waals surface area contributed by atoms with Gasteiger partial charge in [0.1, 0.15) is 10.0 Å². The Morgan fingerprint density at radius 3 is 1.50 bits per heavy atom. The van der Waals surface area contributed by atoms with Crippen molar-refractivity contribution >= 4 is 10.0 Å². The molecule has 4 nitrogen and oxygen atoms in total. The van der Waals surface area contributed by atoms with Crippen molar-refractivity contribution in [3.63, 3.8) is 0 Å². The zero-order chi connectivity index (χ0) is 22.1. The molecule has 172 valence electrons. The standard InChI is InChI=1S/C25H28N2O2S.CH3.Ir/c1-16-17(2)19(4)25(20(5)18(16)3)30(28,29)27-24(22-14-10-7-11-15-22)23(26)21-12-8-6-9-13-21;;/h6-15,23-24,26H,1-5H3;1H3;/q-2;-1;+3/t23-,24-;;/m0../s1. The molecule has 1 N–H and O–H groups in total. The van der Waals surface area contributed by atoms with Crippen molar-refractivity contribution in [2.24, 2.45) is 0 Å². The first-order valence-electron chi connectivity index (χ1n) is 10.00. The Morgan fingerprint density at radius 1 is 0.688 bits per heavy atom. The Morgan fingerprint density at radius 2 is 1.06 bits per heavy atom. The molecule has 0 aliphatic carbocycles. The summed E-state index contributed by atoms with van der Waals surface area (Å²) in [6.45, 7) is 9.58. The van der Waals surface area contributed by atoms with Crippen LogP contribution in [0.15, 0.2) is 65.6 Å². The zero-order valence-electron chi connectivity index (χ0n) is 19.4. The first kappa shape index (κ1) is 28.2. The van der Waals surface area contributed by atoms with Gasteiger partial charge in [-0.2, -0.15) is 0 Å². The van der Waals surface area contributed by atoms with Gasteiger partial charge in [0.2, 0.25) is 0 Å². The van der Waals surface area contributed by atoms with Gasteiger partial charge in [0.05, 0.1) is 4.90 Å². The van der Waals surface area contributed by atoms with E-state index in [0.29, 0.717) is 5.56 Å². The number of nitrogens with one attached hydrogen (secondary N) is 1. The minimum Gasteiger partial charge on any atom is -0.672 e. The number of benzene rings is 3. The van der Waals surface area contributed by atoms with Crippen molar-refractivity contribution in [2.45, 2.75) is 51.6 Å². The normalized spacial score (nSPS) is 12.9. The van der Waals surface area contributed by atoms with E-state index in [-0.39, 0.29) is 32.4 Å². The van der Waals surface area contributed by atoms with Crippen LogP contribution in [0.4, 0.5) is 0 Å². The van der Waals surface area contributed by atoms with Crippen LogP contribution in [0, 0.1) is 42.0 Å². The Bertz CT molecular complexity index is 1120. The SMILES string of the molecule is Cc1c(C)c(C)c(S(=O)(=O)[N-][C@@H](c2ccccc2)[C@@H]([NH-])c2ccccc2)c(C)c1C.[CH3-].[Ir+3]. The van der Waals surface area contributed by atoms with Crippen LogP contribution >= 0.6 is 0 Å². The predicted octanol–water partition coefficient (Wildman–Crippen LogP) is 7.27. The number of hydrogen-bond donors (Lipinski definition) is 0. The quantitative estimate of drug-likeness (QED) is 0.270. The second-order valence-corrected chi connectivity index (χ2v) is 9.35. The topological polar surface area (TPSA) is 72.0 Å². The Labute approximate surface area is 207 Å². The van der Waals surface area contributed by atoms with Gasteiger partial charge in [-0.1, -0.05) is 71.8 Å². The second kappa shape index (κ2) is 11.4. The van der Waals surface area contributed by atoms with Crippen LogP contribution in [0.2, 0.25) is 0 Å². The summed E-state index contributed by atoms with van der Waals surface area (Å²) < 4.78 is 31.5. The van der Waals surface area contributed by atoms with Gasteiger partial charge in [0.25, 0.3) is 0 Å². The molecule has 3 rings (SSSR count). The molecule has 0 saturated carbocycles. The largest absolute Gasteiger partial charge is 3.00 e. The van der Waals surface area contributed by atoms with E-state index in [2.05, 4.69) is 4.72 Å². The van der Waals surface area contributed by atoms with Crippen molar-refractivity contribution in [1.82, 2.24) is 0 Å². The van der Waals surface area contributed by atoms with Crippen LogP contribution < -0.4 is 0 Å². The third-order valence-electron chi connectivity index (χ3n) is 6.06. The van der Waals surface area contributed by atoms with E-state index in [4.69, 9.17) is 5.73 Å². The molecule has 0 spiro atoms. The summed E-state index contributed by atoms with van der Waals surface area (Å²) in [5, 5.41) is 0. The molecule has 6 heteroatoms. The maximum Gasteiger partial charge on any atom is 3.00 e. The molecule has 2 atom stereocenters. The molecule has 0 bridgehead atoms. The van der Waals surface area contributed by atoms with Crippen LogP contribution in [-0.4, -0.2) is 8.42 Å². The van der Waals surface area contributed by atoms with E-state index >= 15 is 0 Å². The molecule has 0 aliphatic rings. The van der Waals surface area contributed by atoms with Crippen molar-refractivity contribution in [3.8, 4) is 0 Å². The summed E-state index contributed by atoms with van der Waals surface area (Å²) in [5.41, 5.74) is 14.8. The number of rotatable bonds is 6. The molecule has 0 heterocycles. The number of nitrogens with zero attached hydrogens (tertiary/aromatic N) is 1. The Hall–Kier alpha value is -1.82. The van der Waals surface area contributed by atoms with Crippen LogP contribution in [0.3, 0.4) is 0 Å². The monoisotopic (exact) mass is 628 g/mol. The van der Waals surface area contributed by atoms with Gasteiger partial charge in [-0.05, 0) is 62.4 Å². The average Bonchev–Trinajstić information content (AvgIpc) is 2.75. The van der Waals surface area contributed by atoms with Crippen LogP contribution in [0.5, 0.6) is 0 Å². The molecule has 0 unspecified atom stereocenters. The van der Waals surface area contributed by atoms with Crippen molar-refractivity contribution in [3.05, 3.63) is 117 Å². The molecule has 0 amide bonds. The number of hydrogen-bond acceptors (Lipinski definition) is 2. The van der Waals surface area contributed by atoms with Gasteiger partial charge in [-0.25, -0.2) is 8.42 Å². The summed E-state index contributed by atoms with van der Waals surface area (Å²) >= 11 is 0. The van der Waals surface area contributed by atoms with Gasteiger partial charge in [0.15, 0.2) is 0 Å². The third kappa shape index (κ3) is 5.56. The zero-order valence-corrected chi connectivity index (χ0v) is 22.6. The van der Waals surface area contributed by atoms with Gasteiger partial charge >= 0.3 is 20.1 Å². The van der Waals surface area contributed by atoms with Crippen molar-refractivity contribution < 1.29 is 28.5 Å². The molecule has 0 aromatic heterocycles. The fraction of sp³-hybridized carbons (Fsp3) is 0.269. The molecular formula is C26H31IrN2O2S. The van der Waals surface area contributed by atoms with E-state index in [0.717, 1.165) is 33.4 Å². The molecule has 3 aromatic carbocycles. The fourth-order valence-corrected chi connectivity index (χ4v) is 5.59. The van der Waals surface area contributed by atoms with Crippen LogP contribution in [0.1, 0.15) is 51.0 Å². The van der Waals surface area contributed by atoms with E-state index in [1.807, 2.05) is 95.3 Å². The molecule has 3 aromatic rings. The van der Waals surface area contributed by atoms with Gasteiger partial charge < -0.3 is 17.9 Å². The fourth-order valence-electron chi connectivity index (χ4n) is 3.86. The molecule has 0 radical (unpaired) electrons. The summed E-state index contributed by atoms with van der Waals surface area (Å²) in [4.78, 5) is 0.268. The second-order valence-electron chi connectivity index (χ2n) is 7.78. The van der Waals surface area contributed by atoms with Crippen molar-refractivity contribution in [1.29, 1.82) is 0 Å². The molecule has 0 saturated heterocycles. The third-order valence-corrected chi connectivity index (χ3v) is 7.69. The predicted molar refractivity (Wildman–Crippen MR) is 130 cm³/mol. The van der Waals surface area contributed by atoms with Crippen molar-refractivity contribution in [2.75, 3.05) is 0 Å². The van der Waals surface area contributed by atoms with Crippen LogP contribution in [-0.2, 0) is 30.1 Å². The summed E-state index contributed by atoms with van der Waals surface area (Å²) in [6, 6.07) is 16.8. The summed E-state index contributed by atoms with van der Waals surface area (Å²) in [7, 11) is -3.98. The van der Waals surface area contributed by atoms with E-state index in [9.17, 15) is 8.42 Å². The number of sulfonamides is 1. The molecule has 0 aliphatic heterocycles. The molecular weight excluding hydrogens is 597 g/mol. The van der Waals surface area contributed by atoms with Gasteiger partial charge in [-0.15, -0.1) is 12.1 Å². The molecule has 0 fully saturated rings. The smallest absolute Gasteiger partial charge is 0.672 e.